The second kappa shape index (κ2) is 8.92. The molecule has 34 heavy (non-hydrogen) atoms. The number of rotatable bonds is 6. The molecule has 0 spiro atoms. The first-order valence-corrected chi connectivity index (χ1v) is 12.9. The van der Waals surface area contributed by atoms with Gasteiger partial charge in [0.1, 0.15) is 17.6 Å². The van der Waals surface area contributed by atoms with E-state index in [0.29, 0.717) is 10.8 Å². The monoisotopic (exact) mass is 490 g/mol. The lowest BCUT2D eigenvalue weighted by Gasteiger charge is -2.26. The molecule has 2 aromatic heterocycles. The number of nitrogens with zero attached hydrogens (tertiary/aromatic N) is 2. The summed E-state index contributed by atoms with van der Waals surface area (Å²) in [6.45, 7) is 0. The van der Waals surface area contributed by atoms with E-state index < -0.39 is 10.0 Å². The van der Waals surface area contributed by atoms with E-state index >= 15 is 0 Å². The second-order valence-corrected chi connectivity index (χ2v) is 10.1. The van der Waals surface area contributed by atoms with E-state index in [9.17, 15) is 8.42 Å². The SMILES string of the molecule is CS(=O)(=O)Nc1ccc(N2C(=S)N[C@@H](c3ccccn3)[C@H]2c2ccc(-c3ccccc3)o2)cc1. The van der Waals surface area contributed by atoms with E-state index in [4.69, 9.17) is 16.6 Å². The fourth-order valence-electron chi connectivity index (χ4n) is 4.10. The molecule has 0 amide bonds. The van der Waals surface area contributed by atoms with E-state index in [2.05, 4.69) is 15.0 Å². The molecule has 1 aliphatic heterocycles. The van der Waals surface area contributed by atoms with Gasteiger partial charge in [-0.15, -0.1) is 0 Å². The van der Waals surface area contributed by atoms with Crippen LogP contribution in [0, 0.1) is 0 Å². The number of anilines is 2. The van der Waals surface area contributed by atoms with Crippen LogP contribution in [0.3, 0.4) is 0 Å². The summed E-state index contributed by atoms with van der Waals surface area (Å²) in [5.41, 5.74) is 3.11. The molecular weight excluding hydrogens is 468 g/mol. The lowest BCUT2D eigenvalue weighted by Crippen LogP contribution is -2.29. The number of sulfonamides is 1. The van der Waals surface area contributed by atoms with Gasteiger partial charge >= 0.3 is 0 Å². The van der Waals surface area contributed by atoms with Crippen LogP contribution >= 0.6 is 12.2 Å². The molecule has 0 unspecified atom stereocenters. The highest BCUT2D eigenvalue weighted by Gasteiger charge is 2.42. The normalized spacial score (nSPS) is 18.0. The van der Waals surface area contributed by atoms with E-state index in [1.807, 2.05) is 77.7 Å². The number of nitrogens with one attached hydrogen (secondary N) is 2. The van der Waals surface area contributed by atoms with Gasteiger partial charge in [-0.2, -0.15) is 0 Å². The number of hydrogen-bond acceptors (Lipinski definition) is 5. The maximum Gasteiger partial charge on any atom is 0.229 e. The van der Waals surface area contributed by atoms with Gasteiger partial charge < -0.3 is 14.6 Å². The van der Waals surface area contributed by atoms with E-state index in [0.717, 1.165) is 34.7 Å². The Morgan fingerprint density at radius 1 is 0.971 bits per heavy atom. The van der Waals surface area contributed by atoms with Gasteiger partial charge in [-0.05, 0) is 60.7 Å². The van der Waals surface area contributed by atoms with E-state index in [1.54, 1.807) is 18.3 Å². The van der Waals surface area contributed by atoms with Crippen LogP contribution in [0.1, 0.15) is 23.5 Å². The van der Waals surface area contributed by atoms with E-state index in [-0.39, 0.29) is 12.1 Å². The van der Waals surface area contributed by atoms with Crippen LogP contribution in [0.4, 0.5) is 11.4 Å². The topological polar surface area (TPSA) is 87.5 Å². The molecule has 0 radical (unpaired) electrons. The fourth-order valence-corrected chi connectivity index (χ4v) is 5.01. The van der Waals surface area contributed by atoms with Crippen molar-refractivity contribution in [1.29, 1.82) is 0 Å². The lowest BCUT2D eigenvalue weighted by atomic mass is 10.0. The first-order valence-electron chi connectivity index (χ1n) is 10.6. The summed E-state index contributed by atoms with van der Waals surface area (Å²) < 4.78 is 32.0. The highest BCUT2D eigenvalue weighted by atomic mass is 32.2. The third-order valence-corrected chi connectivity index (χ3v) is 6.44. The average Bonchev–Trinajstić information content (AvgIpc) is 3.44. The number of furan rings is 1. The molecule has 2 aromatic carbocycles. The molecule has 4 aromatic rings. The predicted molar refractivity (Wildman–Crippen MR) is 137 cm³/mol. The molecule has 7 nitrogen and oxygen atoms in total. The van der Waals surface area contributed by atoms with Crippen molar-refractivity contribution in [3.8, 4) is 11.3 Å². The number of aromatic nitrogens is 1. The molecule has 2 N–H and O–H groups in total. The third-order valence-electron chi connectivity index (χ3n) is 5.52. The quantitative estimate of drug-likeness (QED) is 0.372. The second-order valence-electron chi connectivity index (χ2n) is 7.99. The molecule has 1 fully saturated rings. The van der Waals surface area contributed by atoms with Crippen molar-refractivity contribution in [3.05, 3.63) is 103 Å². The van der Waals surface area contributed by atoms with Crippen LogP contribution in [0.2, 0.25) is 0 Å². The summed E-state index contributed by atoms with van der Waals surface area (Å²) in [5.74, 6) is 1.50. The van der Waals surface area contributed by atoms with Crippen LogP contribution in [-0.2, 0) is 10.0 Å². The van der Waals surface area contributed by atoms with Crippen LogP contribution in [-0.4, -0.2) is 24.8 Å². The summed E-state index contributed by atoms with van der Waals surface area (Å²) in [4.78, 5) is 6.53. The maximum absolute atomic E-state index is 11.6. The summed E-state index contributed by atoms with van der Waals surface area (Å²) in [6, 6.07) is 26.1. The van der Waals surface area contributed by atoms with Gasteiger partial charge in [0.05, 0.1) is 18.0 Å². The molecule has 2 atom stereocenters. The summed E-state index contributed by atoms with van der Waals surface area (Å²) in [7, 11) is -3.37. The summed E-state index contributed by atoms with van der Waals surface area (Å²) in [6.07, 6.45) is 2.87. The molecule has 3 heterocycles. The Labute approximate surface area is 203 Å². The highest BCUT2D eigenvalue weighted by Crippen LogP contribution is 2.43. The minimum absolute atomic E-state index is 0.239. The lowest BCUT2D eigenvalue weighted by molar-refractivity contribution is 0.439. The van der Waals surface area contributed by atoms with Crippen molar-refractivity contribution in [1.82, 2.24) is 10.3 Å². The van der Waals surface area contributed by atoms with Crippen LogP contribution in [0.25, 0.3) is 11.3 Å². The van der Waals surface area contributed by atoms with Crippen LogP contribution in [0.15, 0.2) is 95.5 Å². The van der Waals surface area contributed by atoms with Gasteiger partial charge in [0, 0.05) is 23.1 Å². The van der Waals surface area contributed by atoms with Crippen molar-refractivity contribution >= 4 is 38.7 Å². The Bertz CT molecular complexity index is 1410. The smallest absolute Gasteiger partial charge is 0.229 e. The molecule has 1 saturated heterocycles. The molecule has 172 valence electrons. The predicted octanol–water partition coefficient (Wildman–Crippen LogP) is 4.89. The van der Waals surface area contributed by atoms with Crippen molar-refractivity contribution in [2.75, 3.05) is 15.9 Å². The third kappa shape index (κ3) is 4.52. The molecule has 0 bridgehead atoms. The Kier molecular flexibility index (Phi) is 5.80. The van der Waals surface area contributed by atoms with E-state index in [1.165, 1.54) is 0 Å². The van der Waals surface area contributed by atoms with Crippen LogP contribution in [0.5, 0.6) is 0 Å². The molecule has 0 saturated carbocycles. The van der Waals surface area contributed by atoms with Crippen LogP contribution < -0.4 is 14.9 Å². The minimum atomic E-state index is -3.37. The first kappa shape index (κ1) is 22.1. The Morgan fingerprint density at radius 3 is 2.38 bits per heavy atom. The number of pyridine rings is 1. The molecule has 1 aliphatic rings. The summed E-state index contributed by atoms with van der Waals surface area (Å²) >= 11 is 5.73. The molecule has 5 rings (SSSR count). The molecule has 9 heteroatoms. The standard InChI is InChI=1S/C25H22N4O3S2/c1-34(30,31)28-18-10-12-19(13-11-18)29-24(23(27-25(29)33)20-9-5-6-16-26-20)22-15-14-21(32-22)17-7-3-2-4-8-17/h2-16,23-24,28H,1H3,(H,27,33)/t23-,24+/m0/s1. The van der Waals surface area contributed by atoms with Gasteiger partial charge in [0.25, 0.3) is 0 Å². The zero-order valence-electron chi connectivity index (χ0n) is 18.3. The number of thiocarbonyl (C=S) groups is 1. The largest absolute Gasteiger partial charge is 0.459 e. The fraction of sp³-hybridized carbons (Fsp3) is 0.120. The Balaban J connectivity index is 1.55. The Hall–Kier alpha value is -3.69. The molecule has 0 aliphatic carbocycles. The highest BCUT2D eigenvalue weighted by molar-refractivity contribution is 7.92. The first-order chi connectivity index (χ1) is 16.4. The van der Waals surface area contributed by atoms with Gasteiger partial charge in [0.15, 0.2) is 5.11 Å². The zero-order valence-corrected chi connectivity index (χ0v) is 19.9. The molecular formula is C25H22N4O3S2. The van der Waals surface area contributed by atoms with Gasteiger partial charge in [-0.25, -0.2) is 8.42 Å². The Morgan fingerprint density at radius 2 is 1.71 bits per heavy atom. The number of benzene rings is 2. The summed E-state index contributed by atoms with van der Waals surface area (Å²) in [5, 5.41) is 3.92. The van der Waals surface area contributed by atoms with Gasteiger partial charge in [-0.3, -0.25) is 9.71 Å². The van der Waals surface area contributed by atoms with Gasteiger partial charge in [-0.1, -0.05) is 36.4 Å². The van der Waals surface area contributed by atoms with Crippen molar-refractivity contribution < 1.29 is 12.8 Å². The number of hydrogen-bond donors (Lipinski definition) is 2. The van der Waals surface area contributed by atoms with Crippen molar-refractivity contribution in [2.24, 2.45) is 0 Å². The van der Waals surface area contributed by atoms with Crippen molar-refractivity contribution in [3.63, 3.8) is 0 Å². The maximum atomic E-state index is 11.6. The zero-order chi connectivity index (χ0) is 23.7. The van der Waals surface area contributed by atoms with Gasteiger partial charge in [0.2, 0.25) is 10.0 Å². The minimum Gasteiger partial charge on any atom is -0.459 e. The van der Waals surface area contributed by atoms with Crippen molar-refractivity contribution in [2.45, 2.75) is 12.1 Å². The average molecular weight is 491 g/mol.